The van der Waals surface area contributed by atoms with Gasteiger partial charge in [0.05, 0.1) is 13.2 Å². The van der Waals surface area contributed by atoms with Crippen LogP contribution in [0.15, 0.2) is 54.6 Å². The zero-order chi connectivity index (χ0) is 15.4. The van der Waals surface area contributed by atoms with Crippen molar-refractivity contribution in [3.8, 4) is 11.1 Å². The molecule has 1 heterocycles. The van der Waals surface area contributed by atoms with Crippen LogP contribution in [0.3, 0.4) is 0 Å². The molecular formula is C19H24N2O. The van der Waals surface area contributed by atoms with E-state index in [1.54, 1.807) is 0 Å². The van der Waals surface area contributed by atoms with Crippen LogP contribution in [-0.2, 0) is 4.74 Å². The average molecular weight is 296 g/mol. The molecule has 3 nitrogen and oxygen atoms in total. The number of morpholine rings is 1. The highest BCUT2D eigenvalue weighted by Crippen LogP contribution is 2.24. The first-order valence-corrected chi connectivity index (χ1v) is 7.98. The molecule has 3 heteroatoms. The lowest BCUT2D eigenvalue weighted by Gasteiger charge is -2.35. The monoisotopic (exact) mass is 296 g/mol. The number of nitrogens with zero attached hydrogens (tertiary/aromatic N) is 1. The van der Waals surface area contributed by atoms with E-state index in [1.807, 2.05) is 6.07 Å². The summed E-state index contributed by atoms with van der Waals surface area (Å²) < 4.78 is 5.42. The summed E-state index contributed by atoms with van der Waals surface area (Å²) in [6.45, 7) is 5.77. The van der Waals surface area contributed by atoms with E-state index in [2.05, 4.69) is 60.4 Å². The third kappa shape index (κ3) is 3.38. The second-order valence-corrected chi connectivity index (χ2v) is 5.90. The van der Waals surface area contributed by atoms with Crippen LogP contribution in [0.1, 0.15) is 18.5 Å². The van der Waals surface area contributed by atoms with E-state index in [4.69, 9.17) is 10.5 Å². The number of ether oxygens (including phenoxy) is 1. The van der Waals surface area contributed by atoms with Crippen LogP contribution in [0.5, 0.6) is 0 Å². The third-order valence-electron chi connectivity index (χ3n) is 4.54. The maximum absolute atomic E-state index is 6.48. The molecule has 0 spiro atoms. The summed E-state index contributed by atoms with van der Waals surface area (Å²) >= 11 is 0. The molecule has 0 radical (unpaired) electrons. The number of rotatable bonds is 4. The Hall–Kier alpha value is -1.68. The molecule has 0 aromatic heterocycles. The molecule has 2 N–H and O–H groups in total. The second kappa shape index (κ2) is 7.05. The lowest BCUT2D eigenvalue weighted by Crippen LogP contribution is -2.46. The highest BCUT2D eigenvalue weighted by atomic mass is 16.5. The van der Waals surface area contributed by atoms with Crippen LogP contribution < -0.4 is 5.73 Å². The van der Waals surface area contributed by atoms with Gasteiger partial charge in [0.25, 0.3) is 0 Å². The normalized spacial score (nSPS) is 18.8. The van der Waals surface area contributed by atoms with Gasteiger partial charge in [-0.15, -0.1) is 0 Å². The Morgan fingerprint density at radius 2 is 1.50 bits per heavy atom. The van der Waals surface area contributed by atoms with Gasteiger partial charge in [0.1, 0.15) is 0 Å². The molecule has 22 heavy (non-hydrogen) atoms. The van der Waals surface area contributed by atoms with Crippen molar-refractivity contribution in [3.63, 3.8) is 0 Å². The molecule has 1 saturated heterocycles. The van der Waals surface area contributed by atoms with E-state index in [9.17, 15) is 0 Å². The van der Waals surface area contributed by atoms with Gasteiger partial charge >= 0.3 is 0 Å². The number of nitrogens with two attached hydrogens (primary N) is 1. The number of benzene rings is 2. The first-order chi connectivity index (χ1) is 10.8. The smallest absolute Gasteiger partial charge is 0.0594 e. The standard InChI is InChI=1S/C19H24N2O/c1-15(21-11-13-22-14-12-21)19(20)18-9-7-17(8-10-18)16-5-3-2-4-6-16/h2-10,15,19H,11-14,20H2,1H3. The van der Waals surface area contributed by atoms with E-state index in [1.165, 1.54) is 16.7 Å². The van der Waals surface area contributed by atoms with Gasteiger partial charge < -0.3 is 10.5 Å². The first-order valence-electron chi connectivity index (χ1n) is 7.98. The van der Waals surface area contributed by atoms with Crippen molar-refractivity contribution in [2.24, 2.45) is 5.73 Å². The summed E-state index contributed by atoms with van der Waals surface area (Å²) in [7, 11) is 0. The van der Waals surface area contributed by atoms with Crippen molar-refractivity contribution < 1.29 is 4.74 Å². The van der Waals surface area contributed by atoms with Crippen LogP contribution >= 0.6 is 0 Å². The lowest BCUT2D eigenvalue weighted by molar-refractivity contribution is 0.0150. The van der Waals surface area contributed by atoms with Crippen LogP contribution in [0.2, 0.25) is 0 Å². The summed E-state index contributed by atoms with van der Waals surface area (Å²) in [6, 6.07) is 19.4. The minimum atomic E-state index is 0.0305. The largest absolute Gasteiger partial charge is 0.379 e. The molecule has 0 amide bonds. The van der Waals surface area contributed by atoms with E-state index >= 15 is 0 Å². The summed E-state index contributed by atoms with van der Waals surface area (Å²) in [6.07, 6.45) is 0. The first kappa shape index (κ1) is 15.2. The molecular weight excluding hydrogens is 272 g/mol. The van der Waals surface area contributed by atoms with Gasteiger partial charge in [-0.3, -0.25) is 4.90 Å². The van der Waals surface area contributed by atoms with Gasteiger partial charge in [0, 0.05) is 25.2 Å². The molecule has 2 atom stereocenters. The van der Waals surface area contributed by atoms with Crippen molar-refractivity contribution >= 4 is 0 Å². The zero-order valence-electron chi connectivity index (χ0n) is 13.1. The molecule has 1 aliphatic rings. The van der Waals surface area contributed by atoms with Crippen LogP contribution in [0.4, 0.5) is 0 Å². The Labute approximate surface area is 132 Å². The number of hydrogen-bond acceptors (Lipinski definition) is 3. The lowest BCUT2D eigenvalue weighted by atomic mass is 9.97. The fourth-order valence-electron chi connectivity index (χ4n) is 3.02. The van der Waals surface area contributed by atoms with Crippen LogP contribution in [-0.4, -0.2) is 37.2 Å². The van der Waals surface area contributed by atoms with E-state index < -0.39 is 0 Å². The maximum Gasteiger partial charge on any atom is 0.0594 e. The van der Waals surface area contributed by atoms with Crippen LogP contribution in [0.25, 0.3) is 11.1 Å². The molecule has 2 aromatic carbocycles. The number of hydrogen-bond donors (Lipinski definition) is 1. The van der Waals surface area contributed by atoms with Gasteiger partial charge in [-0.1, -0.05) is 54.6 Å². The van der Waals surface area contributed by atoms with Crippen LogP contribution in [0, 0.1) is 0 Å². The van der Waals surface area contributed by atoms with Crippen molar-refractivity contribution in [3.05, 3.63) is 60.2 Å². The third-order valence-corrected chi connectivity index (χ3v) is 4.54. The molecule has 3 rings (SSSR count). The summed E-state index contributed by atoms with van der Waals surface area (Å²) in [5, 5.41) is 0. The molecule has 0 bridgehead atoms. The molecule has 0 aliphatic carbocycles. The molecule has 1 fully saturated rings. The molecule has 1 aliphatic heterocycles. The topological polar surface area (TPSA) is 38.5 Å². The van der Waals surface area contributed by atoms with E-state index in [0.717, 1.165) is 26.3 Å². The predicted molar refractivity (Wildman–Crippen MR) is 90.7 cm³/mol. The average Bonchev–Trinajstić information content (AvgIpc) is 2.62. The SMILES string of the molecule is CC(C(N)c1ccc(-c2ccccc2)cc1)N1CCOCC1. The van der Waals surface area contributed by atoms with Gasteiger partial charge in [-0.25, -0.2) is 0 Å². The van der Waals surface area contributed by atoms with E-state index in [-0.39, 0.29) is 6.04 Å². The summed E-state index contributed by atoms with van der Waals surface area (Å²) in [5.74, 6) is 0. The van der Waals surface area contributed by atoms with E-state index in [0.29, 0.717) is 6.04 Å². The van der Waals surface area contributed by atoms with Crippen molar-refractivity contribution in [2.45, 2.75) is 19.0 Å². The Morgan fingerprint density at radius 3 is 2.14 bits per heavy atom. The Bertz CT molecular complexity index is 576. The zero-order valence-corrected chi connectivity index (χ0v) is 13.1. The minimum absolute atomic E-state index is 0.0305. The van der Waals surface area contributed by atoms with Crippen molar-refractivity contribution in [2.75, 3.05) is 26.3 Å². The van der Waals surface area contributed by atoms with Gasteiger partial charge in [0.2, 0.25) is 0 Å². The summed E-state index contributed by atoms with van der Waals surface area (Å²) in [4.78, 5) is 2.42. The highest BCUT2D eigenvalue weighted by molar-refractivity contribution is 5.63. The predicted octanol–water partition coefficient (Wildman–Crippen LogP) is 3.07. The Balaban J connectivity index is 1.71. The fraction of sp³-hybridized carbons (Fsp3) is 0.368. The second-order valence-electron chi connectivity index (χ2n) is 5.90. The van der Waals surface area contributed by atoms with Gasteiger partial charge in [0.15, 0.2) is 0 Å². The fourth-order valence-corrected chi connectivity index (χ4v) is 3.02. The Kier molecular flexibility index (Phi) is 4.88. The quantitative estimate of drug-likeness (QED) is 0.942. The van der Waals surface area contributed by atoms with Crippen molar-refractivity contribution in [1.82, 2.24) is 4.90 Å². The summed E-state index contributed by atoms with van der Waals surface area (Å²) in [5.41, 5.74) is 10.1. The van der Waals surface area contributed by atoms with Crippen molar-refractivity contribution in [1.29, 1.82) is 0 Å². The molecule has 116 valence electrons. The van der Waals surface area contributed by atoms with Gasteiger partial charge in [-0.05, 0) is 23.6 Å². The minimum Gasteiger partial charge on any atom is -0.379 e. The molecule has 0 saturated carbocycles. The van der Waals surface area contributed by atoms with Gasteiger partial charge in [-0.2, -0.15) is 0 Å². The maximum atomic E-state index is 6.48. The highest BCUT2D eigenvalue weighted by Gasteiger charge is 2.23. The molecule has 2 aromatic rings. The Morgan fingerprint density at radius 1 is 0.909 bits per heavy atom. The molecule has 2 unspecified atom stereocenters.